The molecular formula is C9H8ClNOS2. The summed E-state index contributed by atoms with van der Waals surface area (Å²) in [6, 6.07) is 3.64. The Morgan fingerprint density at radius 2 is 2.29 bits per heavy atom. The molecule has 14 heavy (non-hydrogen) atoms. The molecule has 0 aromatic carbocycles. The van der Waals surface area contributed by atoms with Gasteiger partial charge in [0.25, 0.3) is 0 Å². The number of aliphatic hydroxyl groups is 1. The fourth-order valence-corrected chi connectivity index (χ4v) is 3.11. The number of hydrogen-bond donors (Lipinski definition) is 1. The lowest BCUT2D eigenvalue weighted by Crippen LogP contribution is -1.95. The summed E-state index contributed by atoms with van der Waals surface area (Å²) in [6.07, 6.45) is -0.583. The van der Waals surface area contributed by atoms with Gasteiger partial charge in [0.15, 0.2) is 0 Å². The molecule has 2 rings (SSSR count). The maximum absolute atomic E-state index is 10.00. The molecule has 74 valence electrons. The van der Waals surface area contributed by atoms with E-state index in [1.165, 1.54) is 22.7 Å². The molecule has 5 heteroatoms. The van der Waals surface area contributed by atoms with Crippen LogP contribution in [0.2, 0.25) is 4.34 Å². The van der Waals surface area contributed by atoms with Crippen molar-refractivity contribution in [1.29, 1.82) is 0 Å². The van der Waals surface area contributed by atoms with Crippen LogP contribution in [0.5, 0.6) is 0 Å². The largest absolute Gasteiger partial charge is 0.382 e. The molecule has 0 saturated heterocycles. The minimum atomic E-state index is -0.583. The number of hydrogen-bond acceptors (Lipinski definition) is 4. The summed E-state index contributed by atoms with van der Waals surface area (Å²) in [7, 11) is 0. The first kappa shape index (κ1) is 10.1. The van der Waals surface area contributed by atoms with Crippen LogP contribution in [0.15, 0.2) is 17.6 Å². The third-order valence-corrected chi connectivity index (χ3v) is 4.16. The van der Waals surface area contributed by atoms with E-state index in [-0.39, 0.29) is 0 Å². The van der Waals surface area contributed by atoms with Crippen LogP contribution in [-0.4, -0.2) is 10.1 Å². The Labute approximate surface area is 94.8 Å². The topological polar surface area (TPSA) is 33.1 Å². The second kappa shape index (κ2) is 3.98. The standard InChI is InChI=1S/C9H8ClNOS2/c1-5-9(13-4-11-5)8(12)6-2-3-7(10)14-6/h2-4,8,12H,1H3. The van der Waals surface area contributed by atoms with Crippen molar-refractivity contribution in [3.63, 3.8) is 0 Å². The van der Waals surface area contributed by atoms with E-state index in [2.05, 4.69) is 4.98 Å². The summed E-state index contributed by atoms with van der Waals surface area (Å²) >= 11 is 8.66. The van der Waals surface area contributed by atoms with Crippen molar-refractivity contribution < 1.29 is 5.11 Å². The molecule has 0 bridgehead atoms. The van der Waals surface area contributed by atoms with Crippen molar-refractivity contribution in [1.82, 2.24) is 4.98 Å². The second-order valence-corrected chi connectivity index (χ2v) is 5.48. The predicted octanol–water partition coefficient (Wildman–Crippen LogP) is 3.25. The van der Waals surface area contributed by atoms with Crippen LogP contribution in [0.25, 0.3) is 0 Å². The van der Waals surface area contributed by atoms with E-state index in [4.69, 9.17) is 11.6 Å². The van der Waals surface area contributed by atoms with Gasteiger partial charge in [-0.1, -0.05) is 11.6 Å². The van der Waals surface area contributed by atoms with Gasteiger partial charge in [-0.25, -0.2) is 4.98 Å². The van der Waals surface area contributed by atoms with E-state index in [0.29, 0.717) is 4.34 Å². The molecule has 1 N–H and O–H groups in total. The fourth-order valence-electron chi connectivity index (χ4n) is 1.18. The van der Waals surface area contributed by atoms with Gasteiger partial charge in [0.05, 0.1) is 20.4 Å². The number of aryl methyl sites for hydroxylation is 1. The van der Waals surface area contributed by atoms with Crippen molar-refractivity contribution in [3.05, 3.63) is 37.4 Å². The molecule has 0 aliphatic carbocycles. The summed E-state index contributed by atoms with van der Waals surface area (Å²) in [4.78, 5) is 5.86. The molecule has 0 fully saturated rings. The molecule has 0 radical (unpaired) electrons. The summed E-state index contributed by atoms with van der Waals surface area (Å²) in [5.41, 5.74) is 2.62. The monoisotopic (exact) mass is 245 g/mol. The molecular weight excluding hydrogens is 238 g/mol. The van der Waals surface area contributed by atoms with Crippen molar-refractivity contribution in [3.8, 4) is 0 Å². The zero-order valence-electron chi connectivity index (χ0n) is 7.40. The van der Waals surface area contributed by atoms with Crippen LogP contribution in [-0.2, 0) is 0 Å². The summed E-state index contributed by atoms with van der Waals surface area (Å²) in [6.45, 7) is 1.89. The van der Waals surface area contributed by atoms with Gasteiger partial charge in [-0.05, 0) is 19.1 Å². The summed E-state index contributed by atoms with van der Waals surface area (Å²) in [5.74, 6) is 0. The second-order valence-electron chi connectivity index (χ2n) is 2.85. The SMILES string of the molecule is Cc1ncsc1C(O)c1ccc(Cl)s1. The predicted molar refractivity (Wildman–Crippen MR) is 60.2 cm³/mol. The highest BCUT2D eigenvalue weighted by Crippen LogP contribution is 2.33. The van der Waals surface area contributed by atoms with Gasteiger partial charge in [0.2, 0.25) is 0 Å². The first-order valence-electron chi connectivity index (χ1n) is 4.02. The van der Waals surface area contributed by atoms with Gasteiger partial charge in [0, 0.05) is 4.88 Å². The van der Waals surface area contributed by atoms with Gasteiger partial charge >= 0.3 is 0 Å². The highest BCUT2D eigenvalue weighted by molar-refractivity contribution is 7.16. The lowest BCUT2D eigenvalue weighted by molar-refractivity contribution is 0.227. The Morgan fingerprint density at radius 3 is 2.79 bits per heavy atom. The lowest BCUT2D eigenvalue weighted by atomic mass is 10.2. The van der Waals surface area contributed by atoms with Crippen LogP contribution in [0.3, 0.4) is 0 Å². The van der Waals surface area contributed by atoms with E-state index >= 15 is 0 Å². The lowest BCUT2D eigenvalue weighted by Gasteiger charge is -2.05. The first-order chi connectivity index (χ1) is 6.68. The molecule has 1 unspecified atom stereocenters. The molecule has 0 aliphatic heterocycles. The Morgan fingerprint density at radius 1 is 1.50 bits per heavy atom. The Kier molecular flexibility index (Phi) is 2.88. The summed E-state index contributed by atoms with van der Waals surface area (Å²) < 4.78 is 0.696. The van der Waals surface area contributed by atoms with Gasteiger partial charge in [-0.2, -0.15) is 0 Å². The molecule has 0 spiro atoms. The van der Waals surface area contributed by atoms with E-state index in [1.807, 2.05) is 13.0 Å². The van der Waals surface area contributed by atoms with E-state index in [9.17, 15) is 5.11 Å². The number of thiophene rings is 1. The number of rotatable bonds is 2. The quantitative estimate of drug-likeness (QED) is 0.881. The third-order valence-electron chi connectivity index (χ3n) is 1.89. The first-order valence-corrected chi connectivity index (χ1v) is 6.09. The van der Waals surface area contributed by atoms with Crippen LogP contribution in [0.4, 0.5) is 0 Å². The number of nitrogens with zero attached hydrogens (tertiary/aromatic N) is 1. The zero-order chi connectivity index (χ0) is 10.1. The van der Waals surface area contributed by atoms with Crippen LogP contribution in [0, 0.1) is 6.92 Å². The molecule has 2 aromatic rings. The fraction of sp³-hybridized carbons (Fsp3) is 0.222. The van der Waals surface area contributed by atoms with Crippen molar-refractivity contribution in [2.75, 3.05) is 0 Å². The van der Waals surface area contributed by atoms with Crippen LogP contribution >= 0.6 is 34.3 Å². The minimum absolute atomic E-state index is 0.583. The van der Waals surface area contributed by atoms with Crippen LogP contribution in [0.1, 0.15) is 21.6 Å². The third kappa shape index (κ3) is 1.83. The maximum Gasteiger partial charge on any atom is 0.124 e. The highest BCUT2D eigenvalue weighted by atomic mass is 35.5. The molecule has 0 saturated carbocycles. The molecule has 0 amide bonds. The minimum Gasteiger partial charge on any atom is -0.382 e. The maximum atomic E-state index is 10.00. The zero-order valence-corrected chi connectivity index (χ0v) is 9.79. The highest BCUT2D eigenvalue weighted by Gasteiger charge is 2.16. The van der Waals surface area contributed by atoms with Crippen molar-refractivity contribution in [2.24, 2.45) is 0 Å². The van der Waals surface area contributed by atoms with Gasteiger partial charge < -0.3 is 5.11 Å². The average molecular weight is 246 g/mol. The number of halogens is 1. The molecule has 2 heterocycles. The Hall–Kier alpha value is -0.420. The molecule has 2 aromatic heterocycles. The van der Waals surface area contributed by atoms with Crippen molar-refractivity contribution in [2.45, 2.75) is 13.0 Å². The number of aromatic nitrogens is 1. The molecule has 2 nitrogen and oxygen atoms in total. The van der Waals surface area contributed by atoms with E-state index < -0.39 is 6.10 Å². The molecule has 1 atom stereocenters. The average Bonchev–Trinajstić information content (AvgIpc) is 2.73. The van der Waals surface area contributed by atoms with Gasteiger partial charge in [0.1, 0.15) is 6.10 Å². The van der Waals surface area contributed by atoms with Crippen LogP contribution < -0.4 is 0 Å². The normalized spacial score (nSPS) is 13.1. The summed E-state index contributed by atoms with van der Waals surface area (Å²) in [5, 5.41) is 10.00. The van der Waals surface area contributed by atoms with Gasteiger partial charge in [-0.15, -0.1) is 22.7 Å². The Bertz CT molecular complexity index is 437. The van der Waals surface area contributed by atoms with Crippen molar-refractivity contribution >= 4 is 34.3 Å². The van der Waals surface area contributed by atoms with E-state index in [1.54, 1.807) is 11.6 Å². The Balaban J connectivity index is 2.33. The number of thiazole rings is 1. The van der Waals surface area contributed by atoms with Gasteiger partial charge in [-0.3, -0.25) is 0 Å². The number of aliphatic hydroxyl groups excluding tert-OH is 1. The van der Waals surface area contributed by atoms with E-state index in [0.717, 1.165) is 15.4 Å². The molecule has 0 aliphatic rings. The smallest absolute Gasteiger partial charge is 0.124 e.